The molecule has 0 N–H and O–H groups in total. The van der Waals surface area contributed by atoms with Gasteiger partial charge in [-0.25, -0.2) is 0 Å². The zero-order valence-corrected chi connectivity index (χ0v) is 18.7. The summed E-state index contributed by atoms with van der Waals surface area (Å²) < 4.78 is 6.97. The molecule has 0 radical (unpaired) electrons. The monoisotopic (exact) mass is 482 g/mol. The number of nitro benzene ring substituents is 1. The molecule has 1 aliphatic heterocycles. The van der Waals surface area contributed by atoms with Crippen LogP contribution in [0.2, 0.25) is 0 Å². The molecule has 0 saturated carbocycles. The van der Waals surface area contributed by atoms with Crippen LogP contribution in [-0.4, -0.2) is 39.8 Å². The van der Waals surface area contributed by atoms with Gasteiger partial charge in [-0.05, 0) is 31.2 Å². The summed E-state index contributed by atoms with van der Waals surface area (Å²) in [5, 5.41) is 11.2. The lowest BCUT2D eigenvalue weighted by Crippen LogP contribution is -2.28. The van der Waals surface area contributed by atoms with Crippen LogP contribution in [0.4, 0.5) is 11.4 Å². The van der Waals surface area contributed by atoms with Gasteiger partial charge in [-0.3, -0.25) is 34.2 Å². The van der Waals surface area contributed by atoms with Crippen LogP contribution < -0.4 is 9.70 Å². The molecule has 2 heterocycles. The third kappa shape index (κ3) is 4.48. The Morgan fingerprint density at radius 2 is 1.88 bits per heavy atom. The lowest BCUT2D eigenvalue weighted by atomic mass is 10.2. The first-order chi connectivity index (χ1) is 16.3. The zero-order valence-electron chi connectivity index (χ0n) is 17.9. The molecule has 2 aromatic carbocycles. The van der Waals surface area contributed by atoms with Crippen molar-refractivity contribution < 1.29 is 28.8 Å². The molecule has 1 saturated heterocycles. The average molecular weight is 482 g/mol. The number of esters is 1. The Balaban J connectivity index is 1.78. The Hall–Kier alpha value is -4.19. The van der Waals surface area contributed by atoms with Gasteiger partial charge < -0.3 is 9.30 Å². The van der Waals surface area contributed by atoms with Gasteiger partial charge in [0.2, 0.25) is 11.8 Å². The van der Waals surface area contributed by atoms with Crippen LogP contribution >= 0.6 is 11.3 Å². The lowest BCUT2D eigenvalue weighted by molar-refractivity contribution is -0.384. The molecule has 12 heteroatoms. The number of hydrogen-bond acceptors (Lipinski definition) is 8. The van der Waals surface area contributed by atoms with Crippen LogP contribution in [0.5, 0.6) is 0 Å². The lowest BCUT2D eigenvalue weighted by Gasteiger charge is -2.14. The number of aromatic nitrogens is 1. The number of carbonyl (C=O) groups is 4. The van der Waals surface area contributed by atoms with Crippen LogP contribution in [0.15, 0.2) is 47.5 Å². The molecule has 0 bridgehead atoms. The summed E-state index contributed by atoms with van der Waals surface area (Å²) in [5.41, 5.74) is 0.602. The maximum atomic E-state index is 13.0. The van der Waals surface area contributed by atoms with Gasteiger partial charge in [0.15, 0.2) is 4.80 Å². The van der Waals surface area contributed by atoms with Crippen molar-refractivity contribution in [2.75, 3.05) is 11.5 Å². The third-order valence-corrected chi connectivity index (χ3v) is 6.13. The predicted molar refractivity (Wildman–Crippen MR) is 121 cm³/mol. The number of thiazole rings is 1. The van der Waals surface area contributed by atoms with Crippen LogP contribution in [0.3, 0.4) is 0 Å². The Morgan fingerprint density at radius 3 is 2.56 bits per heavy atom. The van der Waals surface area contributed by atoms with E-state index >= 15 is 0 Å². The van der Waals surface area contributed by atoms with Gasteiger partial charge in [0.1, 0.15) is 6.54 Å². The number of imide groups is 1. The highest BCUT2D eigenvalue weighted by Gasteiger charge is 2.30. The quantitative estimate of drug-likeness (QED) is 0.227. The molecule has 174 valence electrons. The van der Waals surface area contributed by atoms with E-state index in [2.05, 4.69) is 4.99 Å². The number of rotatable bonds is 6. The SMILES string of the molecule is CCOC(=O)Cn1c(=NC(=O)c2cccc(N3C(=O)CCC3=O)c2)sc2ccc([N+](=O)[O-])cc21. The van der Waals surface area contributed by atoms with E-state index in [9.17, 15) is 29.3 Å². The number of fused-ring (bicyclic) bond motifs is 1. The van der Waals surface area contributed by atoms with Gasteiger partial charge in [0.05, 0.1) is 27.4 Å². The molecule has 3 aromatic rings. The number of ether oxygens (including phenoxy) is 1. The Labute approximate surface area is 196 Å². The minimum Gasteiger partial charge on any atom is -0.465 e. The summed E-state index contributed by atoms with van der Waals surface area (Å²) in [7, 11) is 0. The van der Waals surface area contributed by atoms with E-state index in [1.807, 2.05) is 0 Å². The van der Waals surface area contributed by atoms with E-state index in [1.54, 1.807) is 13.0 Å². The first-order valence-electron chi connectivity index (χ1n) is 10.3. The normalized spacial score (nSPS) is 14.1. The Bertz CT molecular complexity index is 1410. The fraction of sp³-hybridized carbons (Fsp3) is 0.227. The van der Waals surface area contributed by atoms with Crippen molar-refractivity contribution >= 4 is 56.6 Å². The van der Waals surface area contributed by atoms with E-state index < -0.39 is 16.8 Å². The molecule has 0 spiro atoms. The number of anilines is 1. The van der Waals surface area contributed by atoms with Crippen molar-refractivity contribution in [3.8, 4) is 0 Å². The van der Waals surface area contributed by atoms with E-state index in [1.165, 1.54) is 41.0 Å². The highest BCUT2D eigenvalue weighted by atomic mass is 32.1. The highest BCUT2D eigenvalue weighted by molar-refractivity contribution is 7.16. The van der Waals surface area contributed by atoms with Crippen molar-refractivity contribution in [1.82, 2.24) is 4.57 Å². The Morgan fingerprint density at radius 1 is 1.15 bits per heavy atom. The summed E-state index contributed by atoms with van der Waals surface area (Å²) in [6, 6.07) is 10.1. The van der Waals surface area contributed by atoms with E-state index in [4.69, 9.17) is 4.74 Å². The first kappa shape index (κ1) is 23.0. The molecule has 3 amide bonds. The number of carbonyl (C=O) groups excluding carboxylic acids is 4. The van der Waals surface area contributed by atoms with Gasteiger partial charge in [-0.2, -0.15) is 4.99 Å². The van der Waals surface area contributed by atoms with Gasteiger partial charge >= 0.3 is 5.97 Å². The molecular weight excluding hydrogens is 464 g/mol. The molecule has 11 nitrogen and oxygen atoms in total. The van der Waals surface area contributed by atoms with Gasteiger partial charge in [0, 0.05) is 30.5 Å². The first-order valence-corrected chi connectivity index (χ1v) is 11.1. The summed E-state index contributed by atoms with van der Waals surface area (Å²) in [5.74, 6) is -1.94. The van der Waals surface area contributed by atoms with Gasteiger partial charge in [-0.15, -0.1) is 0 Å². The molecule has 0 unspecified atom stereocenters. The topological polar surface area (TPSA) is 141 Å². The van der Waals surface area contributed by atoms with Gasteiger partial charge in [-0.1, -0.05) is 17.4 Å². The number of hydrogen-bond donors (Lipinski definition) is 0. The number of nitro groups is 1. The molecule has 1 aromatic heterocycles. The third-order valence-electron chi connectivity index (χ3n) is 5.07. The molecule has 34 heavy (non-hydrogen) atoms. The summed E-state index contributed by atoms with van der Waals surface area (Å²) >= 11 is 1.08. The maximum absolute atomic E-state index is 13.0. The average Bonchev–Trinajstić information content (AvgIpc) is 3.32. The van der Waals surface area contributed by atoms with Crippen molar-refractivity contribution in [1.29, 1.82) is 0 Å². The van der Waals surface area contributed by atoms with E-state index in [0.29, 0.717) is 10.2 Å². The fourth-order valence-corrected chi connectivity index (χ4v) is 4.55. The second-order valence-electron chi connectivity index (χ2n) is 7.28. The van der Waals surface area contributed by atoms with Crippen LogP contribution in [0, 0.1) is 10.1 Å². The molecule has 1 aliphatic rings. The number of non-ortho nitro benzene ring substituents is 1. The number of benzene rings is 2. The highest BCUT2D eigenvalue weighted by Crippen LogP contribution is 2.25. The molecule has 0 atom stereocenters. The van der Waals surface area contributed by atoms with Crippen molar-refractivity contribution in [3.05, 3.63) is 62.9 Å². The van der Waals surface area contributed by atoms with E-state index in [0.717, 1.165) is 16.2 Å². The minimum atomic E-state index is -0.667. The summed E-state index contributed by atoms with van der Waals surface area (Å²) in [6.45, 7) is 1.50. The maximum Gasteiger partial charge on any atom is 0.326 e. The summed E-state index contributed by atoms with van der Waals surface area (Å²) in [4.78, 5) is 65.2. The molecule has 0 aliphatic carbocycles. The van der Waals surface area contributed by atoms with Crippen LogP contribution in [-0.2, 0) is 25.7 Å². The van der Waals surface area contributed by atoms with Crippen LogP contribution in [0.25, 0.3) is 10.2 Å². The standard InChI is InChI=1S/C22H18N4O7S/c1-2-33-20(29)12-24-16-11-15(26(31)32)6-7-17(16)34-22(24)23-21(30)13-4-3-5-14(10-13)25-18(27)8-9-19(25)28/h3-7,10-11H,2,8-9,12H2,1H3. The summed E-state index contributed by atoms with van der Waals surface area (Å²) in [6.07, 6.45) is 0.228. The molecule has 4 rings (SSSR count). The predicted octanol–water partition coefficient (Wildman–Crippen LogP) is 2.57. The largest absolute Gasteiger partial charge is 0.465 e. The number of nitrogens with zero attached hydrogens (tertiary/aromatic N) is 4. The van der Waals surface area contributed by atoms with Crippen molar-refractivity contribution in [2.45, 2.75) is 26.3 Å². The second kappa shape index (κ2) is 9.35. The zero-order chi connectivity index (χ0) is 24.4. The smallest absolute Gasteiger partial charge is 0.326 e. The number of amides is 3. The van der Waals surface area contributed by atoms with Gasteiger partial charge in [0.25, 0.3) is 11.6 Å². The second-order valence-corrected chi connectivity index (χ2v) is 8.28. The molecular formula is C22H18N4O7S. The Kier molecular flexibility index (Phi) is 6.32. The van der Waals surface area contributed by atoms with Crippen molar-refractivity contribution in [3.63, 3.8) is 0 Å². The van der Waals surface area contributed by atoms with E-state index in [-0.39, 0.29) is 59.5 Å². The fourth-order valence-electron chi connectivity index (χ4n) is 3.54. The van der Waals surface area contributed by atoms with Crippen molar-refractivity contribution in [2.24, 2.45) is 4.99 Å². The minimum absolute atomic E-state index is 0.114. The van der Waals surface area contributed by atoms with Crippen LogP contribution in [0.1, 0.15) is 30.1 Å². The molecule has 1 fully saturated rings.